The first-order valence-electron chi connectivity index (χ1n) is 8.33. The fourth-order valence-corrected chi connectivity index (χ4v) is 4.41. The van der Waals surface area contributed by atoms with Gasteiger partial charge < -0.3 is 10.1 Å². The van der Waals surface area contributed by atoms with Gasteiger partial charge in [-0.3, -0.25) is 4.79 Å². The molecule has 1 heterocycles. The number of hydrogen-bond donors (Lipinski definition) is 1. The molecule has 0 saturated heterocycles. The Morgan fingerprint density at radius 3 is 2.46 bits per heavy atom. The van der Waals surface area contributed by atoms with Crippen LogP contribution in [0.1, 0.15) is 46.1 Å². The smallest absolute Gasteiger partial charge is 0.261 e. The van der Waals surface area contributed by atoms with E-state index in [0.29, 0.717) is 18.8 Å². The Hall–Kier alpha value is -1.60. The Balaban J connectivity index is 2.32. The van der Waals surface area contributed by atoms with Gasteiger partial charge in [-0.2, -0.15) is 4.31 Å². The van der Waals surface area contributed by atoms with Crippen molar-refractivity contribution in [3.05, 3.63) is 23.8 Å². The fourth-order valence-electron chi connectivity index (χ4n) is 2.91. The summed E-state index contributed by atoms with van der Waals surface area (Å²) in [6.07, 6.45) is -0.631. The summed E-state index contributed by atoms with van der Waals surface area (Å²) in [6, 6.07) is 4.85. The number of amides is 1. The van der Waals surface area contributed by atoms with Gasteiger partial charge in [-0.25, -0.2) is 8.42 Å². The molecule has 134 valence electrons. The van der Waals surface area contributed by atoms with E-state index in [1.54, 1.807) is 18.2 Å². The van der Waals surface area contributed by atoms with Crippen LogP contribution in [0, 0.1) is 0 Å². The molecule has 1 N–H and O–H groups in total. The predicted octanol–water partition coefficient (Wildman–Crippen LogP) is 2.11. The molecule has 24 heavy (non-hydrogen) atoms. The van der Waals surface area contributed by atoms with Gasteiger partial charge in [0.1, 0.15) is 5.75 Å². The number of nitrogens with one attached hydrogen (secondary N) is 1. The normalized spacial score (nSPS) is 20.1. The Labute approximate surface area is 144 Å². The van der Waals surface area contributed by atoms with Crippen LogP contribution in [-0.2, 0) is 14.8 Å². The van der Waals surface area contributed by atoms with Crippen molar-refractivity contribution in [2.45, 2.75) is 57.6 Å². The number of ether oxygens (including phenoxy) is 1. The number of sulfonamides is 1. The van der Waals surface area contributed by atoms with Gasteiger partial charge in [0.15, 0.2) is 6.10 Å². The molecule has 6 nitrogen and oxygen atoms in total. The van der Waals surface area contributed by atoms with Gasteiger partial charge >= 0.3 is 0 Å². The van der Waals surface area contributed by atoms with E-state index in [1.807, 2.05) is 34.6 Å². The van der Waals surface area contributed by atoms with E-state index < -0.39 is 16.1 Å². The first-order chi connectivity index (χ1) is 11.2. The molecule has 0 bridgehead atoms. The summed E-state index contributed by atoms with van der Waals surface area (Å²) in [5.74, 6) is 0.192. The minimum atomic E-state index is -3.53. The lowest BCUT2D eigenvalue weighted by atomic mass is 9.97. The van der Waals surface area contributed by atoms with Crippen molar-refractivity contribution in [3.8, 4) is 5.75 Å². The quantitative estimate of drug-likeness (QED) is 0.849. The lowest BCUT2D eigenvalue weighted by molar-refractivity contribution is -0.128. The summed E-state index contributed by atoms with van der Waals surface area (Å²) in [5.41, 5.74) is 0.757. The number of carbonyl (C=O) groups excluding carboxylic acids is 1. The summed E-state index contributed by atoms with van der Waals surface area (Å²) < 4.78 is 32.5. The van der Waals surface area contributed by atoms with E-state index in [4.69, 9.17) is 4.74 Å². The number of benzene rings is 1. The maximum atomic E-state index is 12.7. The molecule has 0 saturated carbocycles. The Morgan fingerprint density at radius 2 is 1.92 bits per heavy atom. The molecule has 0 aliphatic carbocycles. The van der Waals surface area contributed by atoms with Crippen molar-refractivity contribution < 1.29 is 17.9 Å². The second-order valence-electron chi connectivity index (χ2n) is 6.28. The maximum Gasteiger partial charge on any atom is 0.261 e. The lowest BCUT2D eigenvalue weighted by Gasteiger charge is -2.19. The molecule has 1 aromatic rings. The molecule has 0 spiro atoms. The van der Waals surface area contributed by atoms with Crippen LogP contribution in [0.15, 0.2) is 23.1 Å². The van der Waals surface area contributed by atoms with Crippen molar-refractivity contribution in [2.24, 2.45) is 0 Å². The summed E-state index contributed by atoms with van der Waals surface area (Å²) in [7, 11) is -3.53. The number of carbonyl (C=O) groups is 1. The second-order valence-corrected chi connectivity index (χ2v) is 8.22. The Kier molecular flexibility index (Phi) is 5.55. The lowest BCUT2D eigenvalue weighted by Crippen LogP contribution is -2.42. The highest BCUT2D eigenvalue weighted by Gasteiger charge is 2.37. The van der Waals surface area contributed by atoms with E-state index in [2.05, 4.69) is 5.32 Å². The van der Waals surface area contributed by atoms with E-state index >= 15 is 0 Å². The van der Waals surface area contributed by atoms with E-state index in [1.165, 1.54) is 4.31 Å². The maximum absolute atomic E-state index is 12.7. The average molecular weight is 354 g/mol. The average Bonchev–Trinajstić information content (AvgIpc) is 2.84. The van der Waals surface area contributed by atoms with E-state index in [-0.39, 0.29) is 22.8 Å². The number of hydrogen-bond acceptors (Lipinski definition) is 4. The molecule has 1 aromatic carbocycles. The summed E-state index contributed by atoms with van der Waals surface area (Å²) in [4.78, 5) is 12.5. The molecule has 0 fully saturated rings. The third-order valence-corrected chi connectivity index (χ3v) is 6.26. The van der Waals surface area contributed by atoms with Gasteiger partial charge in [0.05, 0.1) is 4.90 Å². The molecular weight excluding hydrogens is 328 g/mol. The number of rotatable bonds is 6. The van der Waals surface area contributed by atoms with Crippen LogP contribution < -0.4 is 10.1 Å². The fraction of sp³-hybridized carbons (Fsp3) is 0.588. The molecule has 1 amide bonds. The third kappa shape index (κ3) is 3.42. The highest BCUT2D eigenvalue weighted by molar-refractivity contribution is 7.89. The van der Waals surface area contributed by atoms with Crippen molar-refractivity contribution in [2.75, 3.05) is 13.1 Å². The molecule has 7 heteroatoms. The van der Waals surface area contributed by atoms with Crippen LogP contribution >= 0.6 is 0 Å². The van der Waals surface area contributed by atoms with Crippen LogP contribution in [0.2, 0.25) is 0 Å². The van der Waals surface area contributed by atoms with Crippen LogP contribution in [-0.4, -0.2) is 43.9 Å². The number of fused-ring (bicyclic) bond motifs is 1. The van der Waals surface area contributed by atoms with Gasteiger partial charge in [0.2, 0.25) is 10.0 Å². The highest BCUT2D eigenvalue weighted by Crippen LogP contribution is 2.39. The van der Waals surface area contributed by atoms with Crippen LogP contribution in [0.25, 0.3) is 0 Å². The first-order valence-corrected chi connectivity index (χ1v) is 9.77. The van der Waals surface area contributed by atoms with Crippen molar-refractivity contribution in [3.63, 3.8) is 0 Å². The predicted molar refractivity (Wildman–Crippen MR) is 92.7 cm³/mol. The van der Waals surface area contributed by atoms with Crippen molar-refractivity contribution in [1.29, 1.82) is 0 Å². The highest BCUT2D eigenvalue weighted by atomic mass is 32.2. The monoisotopic (exact) mass is 354 g/mol. The molecule has 2 unspecified atom stereocenters. The van der Waals surface area contributed by atoms with Crippen molar-refractivity contribution in [1.82, 2.24) is 9.62 Å². The number of nitrogens with zero attached hydrogens (tertiary/aromatic N) is 1. The van der Waals surface area contributed by atoms with E-state index in [9.17, 15) is 13.2 Å². The van der Waals surface area contributed by atoms with Crippen molar-refractivity contribution >= 4 is 15.9 Å². The molecule has 1 aliphatic heterocycles. The Bertz CT molecular complexity index is 711. The molecule has 2 rings (SSSR count). The van der Waals surface area contributed by atoms with Gasteiger partial charge in [0.25, 0.3) is 5.91 Å². The summed E-state index contributed by atoms with van der Waals surface area (Å²) in [5, 5.41) is 2.84. The topological polar surface area (TPSA) is 75.7 Å². The van der Waals surface area contributed by atoms with Gasteiger partial charge in [-0.1, -0.05) is 20.8 Å². The van der Waals surface area contributed by atoms with E-state index in [0.717, 1.165) is 5.56 Å². The third-order valence-electron chi connectivity index (χ3n) is 4.21. The standard InChI is InChI=1S/C17H26N2O4S/c1-6-19(7-2)24(21,22)13-8-9-15-14(10-13)12(5)16(23-15)17(20)18-11(3)4/h8-12,16H,6-7H2,1-5H3,(H,18,20). The zero-order valence-corrected chi connectivity index (χ0v) is 15.7. The molecular formula is C17H26N2O4S. The Morgan fingerprint density at radius 1 is 1.29 bits per heavy atom. The molecule has 2 atom stereocenters. The zero-order valence-electron chi connectivity index (χ0n) is 14.9. The molecule has 0 aromatic heterocycles. The van der Waals surface area contributed by atoms with Crippen LogP contribution in [0.3, 0.4) is 0 Å². The summed E-state index contributed by atoms with van der Waals surface area (Å²) in [6.45, 7) is 10.1. The second kappa shape index (κ2) is 7.11. The zero-order chi connectivity index (χ0) is 18.1. The SMILES string of the molecule is CCN(CC)S(=O)(=O)c1ccc2c(c1)C(C)C(C(=O)NC(C)C)O2. The van der Waals surface area contributed by atoms with Gasteiger partial charge in [-0.15, -0.1) is 0 Å². The van der Waals surface area contributed by atoms with Gasteiger partial charge in [0, 0.05) is 30.6 Å². The largest absolute Gasteiger partial charge is 0.480 e. The van der Waals surface area contributed by atoms with Crippen LogP contribution in [0.4, 0.5) is 0 Å². The molecule has 0 radical (unpaired) electrons. The summed E-state index contributed by atoms with van der Waals surface area (Å²) >= 11 is 0. The minimum Gasteiger partial charge on any atom is -0.480 e. The van der Waals surface area contributed by atoms with Crippen LogP contribution in [0.5, 0.6) is 5.75 Å². The molecule has 1 aliphatic rings. The van der Waals surface area contributed by atoms with Gasteiger partial charge in [-0.05, 0) is 32.0 Å². The first kappa shape index (κ1) is 18.7. The minimum absolute atomic E-state index is 0.0237.